The molecule has 4 rings (SSSR count). The zero-order chi connectivity index (χ0) is 24.8. The number of unbranched alkanes of at least 4 members (excludes halogenated alkanes) is 1. The fourth-order valence-electron chi connectivity index (χ4n) is 3.97. The fraction of sp³-hybridized carbons (Fsp3) is 0.296. The molecule has 0 amide bonds. The number of hydrogen-bond donors (Lipinski definition) is 3. The Morgan fingerprint density at radius 1 is 1.06 bits per heavy atom. The Labute approximate surface area is 206 Å². The Balaban J connectivity index is 1.28. The van der Waals surface area contributed by atoms with Gasteiger partial charge in [0, 0.05) is 22.8 Å². The molecule has 1 aromatic heterocycles. The van der Waals surface area contributed by atoms with Crippen molar-refractivity contribution in [3.05, 3.63) is 83.6 Å². The number of aromatic amines is 1. The maximum absolute atomic E-state index is 12.8. The molecular formula is C27H31N3O4S. The number of aromatic nitrogens is 2. The zero-order valence-electron chi connectivity index (χ0n) is 20.0. The Morgan fingerprint density at radius 2 is 1.89 bits per heavy atom. The monoisotopic (exact) mass is 493 g/mol. The number of hydrogen-bond acceptors (Lipinski definition) is 5. The molecule has 0 spiro atoms. The van der Waals surface area contributed by atoms with Crippen molar-refractivity contribution >= 4 is 26.6 Å². The van der Waals surface area contributed by atoms with Crippen LogP contribution < -0.4 is 9.46 Å². The lowest BCUT2D eigenvalue weighted by Crippen LogP contribution is -2.13. The number of aliphatic hydroxyl groups excluding tert-OH is 1. The van der Waals surface area contributed by atoms with E-state index in [1.54, 1.807) is 42.5 Å². The van der Waals surface area contributed by atoms with Gasteiger partial charge in [-0.05, 0) is 80.1 Å². The molecule has 3 aromatic carbocycles. The predicted octanol–water partition coefficient (Wildman–Crippen LogP) is 5.52. The van der Waals surface area contributed by atoms with E-state index in [-0.39, 0.29) is 4.90 Å². The van der Waals surface area contributed by atoms with E-state index in [9.17, 15) is 13.5 Å². The lowest BCUT2D eigenvalue weighted by Gasteiger charge is -2.14. The normalized spacial score (nSPS) is 12.5. The van der Waals surface area contributed by atoms with Gasteiger partial charge in [0.2, 0.25) is 0 Å². The average Bonchev–Trinajstić information content (AvgIpc) is 3.23. The van der Waals surface area contributed by atoms with Crippen molar-refractivity contribution in [3.63, 3.8) is 0 Å². The van der Waals surface area contributed by atoms with Gasteiger partial charge < -0.3 is 9.84 Å². The van der Waals surface area contributed by atoms with E-state index in [1.807, 2.05) is 38.1 Å². The smallest absolute Gasteiger partial charge is 0.261 e. The summed E-state index contributed by atoms with van der Waals surface area (Å²) in [5, 5.41) is 18.9. The highest BCUT2D eigenvalue weighted by Gasteiger charge is 2.16. The molecule has 0 aliphatic carbocycles. The summed E-state index contributed by atoms with van der Waals surface area (Å²) in [6, 6.07) is 19.7. The molecule has 3 N–H and O–H groups in total. The van der Waals surface area contributed by atoms with Gasteiger partial charge in [0.05, 0.1) is 23.1 Å². The van der Waals surface area contributed by atoms with Crippen LogP contribution in [0.3, 0.4) is 0 Å². The van der Waals surface area contributed by atoms with Crippen LogP contribution in [0.1, 0.15) is 49.1 Å². The Bertz CT molecular complexity index is 1400. The van der Waals surface area contributed by atoms with Crippen molar-refractivity contribution < 1.29 is 18.3 Å². The summed E-state index contributed by atoms with van der Waals surface area (Å²) >= 11 is 0. The molecule has 35 heavy (non-hydrogen) atoms. The topological polar surface area (TPSA) is 104 Å². The number of ether oxygens (including phenoxy) is 1. The van der Waals surface area contributed by atoms with E-state index in [0.29, 0.717) is 24.3 Å². The third kappa shape index (κ3) is 6.21. The van der Waals surface area contributed by atoms with Crippen molar-refractivity contribution in [2.24, 2.45) is 0 Å². The minimum absolute atomic E-state index is 0.226. The van der Waals surface area contributed by atoms with E-state index < -0.39 is 16.1 Å². The quantitative estimate of drug-likeness (QED) is 0.239. The fourth-order valence-corrected chi connectivity index (χ4v) is 5.09. The van der Waals surface area contributed by atoms with Crippen molar-refractivity contribution in [2.45, 2.75) is 50.5 Å². The van der Waals surface area contributed by atoms with Crippen LogP contribution in [0, 0.1) is 6.92 Å². The second-order valence-electron chi connectivity index (χ2n) is 8.62. The van der Waals surface area contributed by atoms with Gasteiger partial charge >= 0.3 is 0 Å². The summed E-state index contributed by atoms with van der Waals surface area (Å²) in [6.07, 6.45) is 2.18. The molecule has 0 saturated carbocycles. The van der Waals surface area contributed by atoms with Crippen molar-refractivity contribution in [1.82, 2.24) is 10.2 Å². The molecule has 0 unspecified atom stereocenters. The SMILES string of the molecule is CCc1cccc(S(=O)(=O)Nc2cccc([C@@H](O)CCCCOc3ccc4c(C)[nH]nc4c3)c2)c1. The molecule has 1 atom stereocenters. The predicted molar refractivity (Wildman–Crippen MR) is 138 cm³/mol. The first-order valence-electron chi connectivity index (χ1n) is 11.8. The average molecular weight is 494 g/mol. The van der Waals surface area contributed by atoms with Gasteiger partial charge in [-0.1, -0.05) is 31.2 Å². The second kappa shape index (κ2) is 10.9. The van der Waals surface area contributed by atoms with Gasteiger partial charge in [-0.3, -0.25) is 9.82 Å². The number of sulfonamides is 1. The van der Waals surface area contributed by atoms with Crippen LogP contribution in [-0.4, -0.2) is 30.3 Å². The molecule has 1 heterocycles. The lowest BCUT2D eigenvalue weighted by atomic mass is 10.0. The third-order valence-electron chi connectivity index (χ3n) is 6.00. The van der Waals surface area contributed by atoms with Gasteiger partial charge in [-0.2, -0.15) is 5.10 Å². The Morgan fingerprint density at radius 3 is 2.71 bits per heavy atom. The maximum Gasteiger partial charge on any atom is 0.261 e. The highest BCUT2D eigenvalue weighted by atomic mass is 32.2. The summed E-state index contributed by atoms with van der Waals surface area (Å²) in [5.41, 5.74) is 3.97. The summed E-state index contributed by atoms with van der Waals surface area (Å²) < 4.78 is 34.0. The second-order valence-corrected chi connectivity index (χ2v) is 10.3. The standard InChI is InChI=1S/C27H31N3O4S/c1-3-20-8-6-11-24(16-20)35(32,33)30-22-10-7-9-21(17-22)27(31)12-4-5-15-34-23-13-14-25-19(2)28-29-26(25)18-23/h6-11,13-14,16-18,27,30-31H,3-5,12,15H2,1-2H3,(H,28,29)/t27-/m0/s1. The molecule has 4 aromatic rings. The van der Waals surface area contributed by atoms with Crippen LogP contribution in [0.4, 0.5) is 5.69 Å². The number of aryl methyl sites for hydroxylation is 2. The summed E-state index contributed by atoms with van der Waals surface area (Å²) in [5.74, 6) is 0.772. The first kappa shape index (κ1) is 24.8. The molecule has 0 radical (unpaired) electrons. The number of nitrogens with zero attached hydrogens (tertiary/aromatic N) is 1. The number of nitrogens with one attached hydrogen (secondary N) is 2. The van der Waals surface area contributed by atoms with Gasteiger partial charge in [0.15, 0.2) is 0 Å². The number of H-pyrrole nitrogens is 1. The lowest BCUT2D eigenvalue weighted by molar-refractivity contribution is 0.160. The third-order valence-corrected chi connectivity index (χ3v) is 7.38. The van der Waals surface area contributed by atoms with Gasteiger partial charge in [0.25, 0.3) is 10.0 Å². The van der Waals surface area contributed by atoms with Crippen LogP contribution in [0.5, 0.6) is 5.75 Å². The van der Waals surface area contributed by atoms with E-state index in [1.165, 1.54) is 0 Å². The molecule has 7 nitrogen and oxygen atoms in total. The molecule has 0 bridgehead atoms. The molecule has 0 aliphatic rings. The molecule has 0 aliphatic heterocycles. The van der Waals surface area contributed by atoms with Crippen LogP contribution in [0.15, 0.2) is 71.6 Å². The van der Waals surface area contributed by atoms with Crippen LogP contribution in [0.25, 0.3) is 10.9 Å². The van der Waals surface area contributed by atoms with E-state index in [2.05, 4.69) is 14.9 Å². The summed E-state index contributed by atoms with van der Waals surface area (Å²) in [6.45, 7) is 4.51. The highest BCUT2D eigenvalue weighted by molar-refractivity contribution is 7.92. The number of anilines is 1. The first-order valence-corrected chi connectivity index (χ1v) is 13.3. The summed E-state index contributed by atoms with van der Waals surface area (Å²) in [7, 11) is -3.71. The minimum Gasteiger partial charge on any atom is -0.494 e. The van der Waals surface area contributed by atoms with Crippen molar-refractivity contribution in [3.8, 4) is 5.75 Å². The van der Waals surface area contributed by atoms with E-state index >= 15 is 0 Å². The highest BCUT2D eigenvalue weighted by Crippen LogP contribution is 2.25. The molecule has 8 heteroatoms. The minimum atomic E-state index is -3.71. The molecule has 184 valence electrons. The van der Waals surface area contributed by atoms with Crippen molar-refractivity contribution in [1.29, 1.82) is 0 Å². The molecule has 0 saturated heterocycles. The maximum atomic E-state index is 12.8. The van der Waals surface area contributed by atoms with Gasteiger partial charge in [-0.15, -0.1) is 0 Å². The Kier molecular flexibility index (Phi) is 7.73. The number of fused-ring (bicyclic) bond motifs is 1. The number of aliphatic hydroxyl groups is 1. The Hall–Kier alpha value is -3.36. The largest absolute Gasteiger partial charge is 0.494 e. The first-order chi connectivity index (χ1) is 16.9. The van der Waals surface area contributed by atoms with Gasteiger partial charge in [0.1, 0.15) is 5.75 Å². The van der Waals surface area contributed by atoms with Crippen LogP contribution >= 0.6 is 0 Å². The molecular weight excluding hydrogens is 462 g/mol. The van der Waals surface area contributed by atoms with Gasteiger partial charge in [-0.25, -0.2) is 8.42 Å². The van der Waals surface area contributed by atoms with Crippen LogP contribution in [0.2, 0.25) is 0 Å². The number of benzene rings is 3. The number of rotatable bonds is 11. The van der Waals surface area contributed by atoms with E-state index in [0.717, 1.165) is 47.2 Å². The zero-order valence-corrected chi connectivity index (χ0v) is 20.8. The molecule has 0 fully saturated rings. The summed E-state index contributed by atoms with van der Waals surface area (Å²) in [4.78, 5) is 0.226. The van der Waals surface area contributed by atoms with Crippen LogP contribution in [-0.2, 0) is 16.4 Å². The van der Waals surface area contributed by atoms with E-state index in [4.69, 9.17) is 4.74 Å². The van der Waals surface area contributed by atoms with Crippen molar-refractivity contribution in [2.75, 3.05) is 11.3 Å².